The van der Waals surface area contributed by atoms with E-state index in [0.717, 1.165) is 36.4 Å². The van der Waals surface area contributed by atoms with Crippen LogP contribution in [-0.2, 0) is 27.4 Å². The van der Waals surface area contributed by atoms with Crippen LogP contribution in [0.1, 0.15) is 11.4 Å². The second kappa shape index (κ2) is 16.0. The van der Waals surface area contributed by atoms with Crippen LogP contribution in [-0.4, -0.2) is 32.9 Å². The Morgan fingerprint density at radius 1 is 0.673 bits per heavy atom. The number of hydrogen-bond donors (Lipinski definition) is 3. The number of nitro benzene ring substituents is 1. The smallest absolute Gasteiger partial charge is 0.871 e. The van der Waals surface area contributed by atoms with Crippen molar-refractivity contribution in [2.24, 2.45) is 20.5 Å². The number of rotatable bonds is 8. The van der Waals surface area contributed by atoms with Gasteiger partial charge in [0.1, 0.15) is 4.90 Å². The summed E-state index contributed by atoms with van der Waals surface area (Å²) in [5, 5.41) is 58.3. The molecule has 0 aliphatic rings. The van der Waals surface area contributed by atoms with Crippen molar-refractivity contribution in [3.05, 3.63) is 139 Å². The minimum Gasteiger partial charge on any atom is -0.871 e. The molecule has 6 aromatic rings. The van der Waals surface area contributed by atoms with Crippen LogP contribution in [0.25, 0.3) is 11.4 Å². The number of hydrogen-bond acceptors (Lipinski definition) is 12. The molecule has 0 saturated heterocycles. The average Bonchev–Trinajstić information content (AvgIpc) is 3.56. The summed E-state index contributed by atoms with van der Waals surface area (Å²) < 4.78 is 25.6. The Balaban J connectivity index is 0.000000228. The fourth-order valence-electron chi connectivity index (χ4n) is 4.50. The fourth-order valence-corrected chi connectivity index (χ4v) is 5.07. The number of non-ortho nitro benzene ring substituents is 1. The van der Waals surface area contributed by atoms with Gasteiger partial charge in [0.05, 0.1) is 39.1 Å². The Bertz CT molecular complexity index is 2530. The zero-order chi connectivity index (χ0) is 36.9. The first-order valence-corrected chi connectivity index (χ1v) is 16.3. The molecule has 0 bridgehead atoms. The van der Waals surface area contributed by atoms with Gasteiger partial charge in [-0.3, -0.25) is 29.9 Å². The number of aromatic nitrogens is 4. The molecule has 0 fully saturated rings. The zero-order valence-electron chi connectivity index (χ0n) is 27.2. The number of aryl methyl sites for hydroxylation is 2. The summed E-state index contributed by atoms with van der Waals surface area (Å²) in [6.07, 6.45) is 0. The minimum atomic E-state index is -3.74. The average molecular weight is 764 g/mol. The summed E-state index contributed by atoms with van der Waals surface area (Å²) in [6.45, 7) is 3.28. The summed E-state index contributed by atoms with van der Waals surface area (Å²) in [6, 6.07) is 24.2. The normalized spacial score (nSPS) is 11.3. The molecule has 0 spiro atoms. The molecule has 20 heteroatoms. The third-order valence-electron chi connectivity index (χ3n) is 7.07. The third kappa shape index (κ3) is 8.63. The Morgan fingerprint density at radius 2 is 1.10 bits per heavy atom. The molecule has 5 N–H and O–H groups in total. The Kier molecular flexibility index (Phi) is 11.8. The molecule has 0 aliphatic heterocycles. The molecule has 2 heterocycles. The maximum atomic E-state index is 12.5. The van der Waals surface area contributed by atoms with E-state index >= 15 is 0 Å². The van der Waals surface area contributed by atoms with Gasteiger partial charge < -0.3 is 10.2 Å². The van der Waals surface area contributed by atoms with E-state index in [9.17, 15) is 38.3 Å². The maximum Gasteiger partial charge on any atom is 3.00 e. The van der Waals surface area contributed by atoms with Crippen molar-refractivity contribution < 1.29 is 46.1 Å². The number of nitrogens with one attached hydrogen (secondary N) is 2. The van der Waals surface area contributed by atoms with E-state index in [1.807, 2.05) is 12.1 Å². The largest absolute Gasteiger partial charge is 3.00 e. The summed E-state index contributed by atoms with van der Waals surface area (Å²) in [5.41, 5.74) is 0.643. The third-order valence-corrected chi connectivity index (χ3v) is 8.04. The first kappa shape index (κ1) is 38.3. The molecule has 4 aromatic carbocycles. The SMILES string of the molecule is Cc1[nH]n(-c2ccccc2)c(=O)c1N=Nc1cc(S([NH3+])(=O)=O)ccc1[O-].Cc1[nH]n(-c2ccccc2)c(=O)c1N=Nc1cc([N+](=O)[O-])ccc1[O-].[Cr+3]. The zero-order valence-corrected chi connectivity index (χ0v) is 29.2. The van der Waals surface area contributed by atoms with Crippen molar-refractivity contribution >= 4 is 38.5 Å². The molecule has 6 rings (SSSR count). The number of quaternary nitrogens is 1. The van der Waals surface area contributed by atoms with Gasteiger partial charge in [0.2, 0.25) is 0 Å². The van der Waals surface area contributed by atoms with Gasteiger partial charge in [-0.05, 0) is 50.2 Å². The predicted molar refractivity (Wildman–Crippen MR) is 179 cm³/mol. The van der Waals surface area contributed by atoms with Crippen molar-refractivity contribution in [1.82, 2.24) is 19.6 Å². The molecule has 0 atom stereocenters. The Hall–Kier alpha value is -6.46. The van der Waals surface area contributed by atoms with Crippen LogP contribution in [0, 0.1) is 24.0 Å². The van der Waals surface area contributed by atoms with E-state index in [4.69, 9.17) is 0 Å². The van der Waals surface area contributed by atoms with Gasteiger partial charge in [0.15, 0.2) is 11.4 Å². The van der Waals surface area contributed by atoms with Crippen LogP contribution >= 0.6 is 0 Å². The number of azo groups is 2. The van der Waals surface area contributed by atoms with Crippen LogP contribution in [0.3, 0.4) is 0 Å². The Morgan fingerprint density at radius 3 is 1.52 bits per heavy atom. The summed E-state index contributed by atoms with van der Waals surface area (Å²) in [5.74, 6) is -1.04. The minimum absolute atomic E-state index is 0. The number of benzene rings is 4. The molecular weight excluding hydrogens is 736 g/mol. The van der Waals surface area contributed by atoms with E-state index in [-0.39, 0.29) is 50.7 Å². The van der Waals surface area contributed by atoms with Crippen LogP contribution in [0.2, 0.25) is 0 Å². The van der Waals surface area contributed by atoms with E-state index in [1.165, 1.54) is 9.36 Å². The van der Waals surface area contributed by atoms with Crippen molar-refractivity contribution in [2.45, 2.75) is 18.7 Å². The second-order valence-electron chi connectivity index (χ2n) is 10.7. The molecular formula is C32H27CrN10O8S+2. The van der Waals surface area contributed by atoms with Crippen LogP contribution in [0.15, 0.2) is 132 Å². The van der Waals surface area contributed by atoms with Gasteiger partial charge in [-0.15, -0.1) is 10.2 Å². The van der Waals surface area contributed by atoms with Gasteiger partial charge in [-0.1, -0.05) is 60.0 Å². The predicted octanol–water partition coefficient (Wildman–Crippen LogP) is 3.76. The number of H-pyrrole nitrogens is 2. The van der Waals surface area contributed by atoms with Crippen molar-refractivity contribution in [2.75, 3.05) is 0 Å². The summed E-state index contributed by atoms with van der Waals surface area (Å²) in [4.78, 5) is 35.0. The molecule has 1 radical (unpaired) electrons. The van der Waals surface area contributed by atoms with Gasteiger partial charge in [0.25, 0.3) is 16.8 Å². The van der Waals surface area contributed by atoms with Gasteiger partial charge >= 0.3 is 27.4 Å². The summed E-state index contributed by atoms with van der Waals surface area (Å²) >= 11 is 0. The molecule has 263 valence electrons. The van der Waals surface area contributed by atoms with Crippen LogP contribution < -0.4 is 26.5 Å². The van der Waals surface area contributed by atoms with E-state index in [1.54, 1.807) is 62.4 Å². The number of aromatic amines is 2. The molecule has 2 aromatic heterocycles. The topological polar surface area (TPSA) is 276 Å². The number of sulfonamides is 1. The monoisotopic (exact) mass is 763 g/mol. The van der Waals surface area contributed by atoms with Crippen LogP contribution in [0.5, 0.6) is 11.5 Å². The van der Waals surface area contributed by atoms with Crippen molar-refractivity contribution in [1.29, 1.82) is 0 Å². The van der Waals surface area contributed by atoms with E-state index in [2.05, 4.69) is 35.8 Å². The number of para-hydroxylation sites is 2. The van der Waals surface area contributed by atoms with Crippen molar-refractivity contribution in [3.63, 3.8) is 0 Å². The molecule has 0 aliphatic carbocycles. The number of nitro groups is 1. The van der Waals surface area contributed by atoms with Gasteiger partial charge in [0, 0.05) is 12.1 Å². The first-order valence-electron chi connectivity index (χ1n) is 14.7. The molecule has 18 nitrogen and oxygen atoms in total. The molecule has 0 amide bonds. The van der Waals surface area contributed by atoms with E-state index in [0.29, 0.717) is 22.8 Å². The molecule has 52 heavy (non-hydrogen) atoms. The fraction of sp³-hybridized carbons (Fsp3) is 0.0625. The maximum absolute atomic E-state index is 12.5. The number of nitrogens with zero attached hydrogens (tertiary/aromatic N) is 7. The quantitative estimate of drug-likeness (QED) is 0.116. The van der Waals surface area contributed by atoms with Crippen LogP contribution in [0.4, 0.5) is 28.4 Å². The van der Waals surface area contributed by atoms with Gasteiger partial charge in [-0.2, -0.15) is 18.6 Å². The standard InChI is InChI=1S/C16H15N5O4S.C16H13N5O4.Cr/c1-10-15(16(23)21(20-10)11-5-3-2-4-6-11)19-18-13-9-12(26(17,24)25)7-8-14(13)22;1-10-15(16(23)20(19-10)11-5-3-2-4-6-11)18-17-13-9-12(21(24)25)7-8-14(13)22;/h2-9,20,22H,1H3,(H2,17,24,25);2-9,19,22H,1H3;/q;;+3/p-1. The Labute approximate surface area is 304 Å². The summed E-state index contributed by atoms with van der Waals surface area (Å²) in [7, 11) is -3.74. The second-order valence-corrected chi connectivity index (χ2v) is 12.4. The van der Waals surface area contributed by atoms with Crippen molar-refractivity contribution in [3.8, 4) is 22.9 Å². The van der Waals surface area contributed by atoms with E-state index < -0.39 is 37.6 Å². The first-order chi connectivity index (χ1) is 24.2. The van der Waals surface area contributed by atoms with Gasteiger partial charge in [-0.25, -0.2) is 14.5 Å². The molecule has 0 unspecified atom stereocenters. The molecule has 0 saturated carbocycles.